The third kappa shape index (κ3) is 5.48. The summed E-state index contributed by atoms with van der Waals surface area (Å²) in [6.45, 7) is 0.400. The monoisotopic (exact) mass is 450 g/mol. The van der Waals surface area contributed by atoms with Crippen LogP contribution in [0.2, 0.25) is 0 Å². The number of carbonyl (C=O) groups excluding carboxylic acids is 2. The molecule has 0 spiro atoms. The van der Waals surface area contributed by atoms with Crippen molar-refractivity contribution in [2.75, 3.05) is 20.8 Å². The zero-order valence-corrected chi connectivity index (χ0v) is 19.1. The Morgan fingerprint density at radius 1 is 1.09 bits per heavy atom. The SMILES string of the molecule is COc1ccc(CNC(=O)CN2C(=O)/C(=C\c3cccc(OC)c3)OC3CCCCC32)cc1. The van der Waals surface area contributed by atoms with Gasteiger partial charge in [-0.1, -0.05) is 30.7 Å². The van der Waals surface area contributed by atoms with E-state index in [1.54, 1.807) is 25.2 Å². The van der Waals surface area contributed by atoms with E-state index in [1.165, 1.54) is 0 Å². The smallest absolute Gasteiger partial charge is 0.289 e. The number of rotatable bonds is 7. The maximum Gasteiger partial charge on any atom is 0.289 e. The lowest BCUT2D eigenvalue weighted by atomic mass is 9.89. The number of carbonyl (C=O) groups is 2. The predicted molar refractivity (Wildman–Crippen MR) is 125 cm³/mol. The molecule has 2 aromatic carbocycles. The van der Waals surface area contributed by atoms with Gasteiger partial charge in [-0.3, -0.25) is 9.59 Å². The molecule has 1 N–H and O–H groups in total. The Balaban J connectivity index is 1.47. The van der Waals surface area contributed by atoms with Crippen molar-refractivity contribution in [3.8, 4) is 11.5 Å². The lowest BCUT2D eigenvalue weighted by Crippen LogP contribution is -2.57. The third-order valence-corrected chi connectivity index (χ3v) is 6.17. The van der Waals surface area contributed by atoms with Gasteiger partial charge < -0.3 is 24.4 Å². The fourth-order valence-electron chi connectivity index (χ4n) is 4.40. The first-order valence-corrected chi connectivity index (χ1v) is 11.3. The molecule has 1 heterocycles. The van der Waals surface area contributed by atoms with Crippen LogP contribution in [0.5, 0.6) is 11.5 Å². The first-order valence-electron chi connectivity index (χ1n) is 11.3. The number of nitrogens with zero attached hydrogens (tertiary/aromatic N) is 1. The summed E-state index contributed by atoms with van der Waals surface area (Å²) in [6.07, 6.45) is 5.43. The summed E-state index contributed by atoms with van der Waals surface area (Å²) in [5.74, 6) is 1.31. The maximum atomic E-state index is 13.3. The molecule has 2 aliphatic rings. The molecule has 2 fully saturated rings. The largest absolute Gasteiger partial charge is 0.497 e. The molecule has 7 heteroatoms. The van der Waals surface area contributed by atoms with E-state index in [-0.39, 0.29) is 36.3 Å². The van der Waals surface area contributed by atoms with E-state index in [0.717, 1.165) is 42.6 Å². The molecule has 33 heavy (non-hydrogen) atoms. The molecule has 2 amide bonds. The van der Waals surface area contributed by atoms with Crippen LogP contribution in [0.15, 0.2) is 54.3 Å². The van der Waals surface area contributed by atoms with Gasteiger partial charge >= 0.3 is 0 Å². The van der Waals surface area contributed by atoms with E-state index < -0.39 is 0 Å². The first-order chi connectivity index (χ1) is 16.1. The molecular formula is C26H30N2O5. The van der Waals surface area contributed by atoms with Crippen molar-refractivity contribution in [1.29, 1.82) is 0 Å². The second kappa shape index (κ2) is 10.4. The number of nitrogens with one attached hydrogen (secondary N) is 1. The van der Waals surface area contributed by atoms with Crippen LogP contribution in [0.3, 0.4) is 0 Å². The Kier molecular flexibility index (Phi) is 7.17. The number of amides is 2. The molecule has 2 aromatic rings. The number of fused-ring (bicyclic) bond motifs is 1. The van der Waals surface area contributed by atoms with Gasteiger partial charge in [0.05, 0.1) is 20.3 Å². The van der Waals surface area contributed by atoms with Crippen LogP contribution in [0.1, 0.15) is 36.8 Å². The van der Waals surface area contributed by atoms with Crippen molar-refractivity contribution in [3.05, 3.63) is 65.4 Å². The van der Waals surface area contributed by atoms with E-state index >= 15 is 0 Å². The van der Waals surface area contributed by atoms with E-state index in [0.29, 0.717) is 12.3 Å². The second-order valence-corrected chi connectivity index (χ2v) is 8.35. The Morgan fingerprint density at radius 3 is 2.61 bits per heavy atom. The van der Waals surface area contributed by atoms with Crippen molar-refractivity contribution in [1.82, 2.24) is 10.2 Å². The number of benzene rings is 2. The van der Waals surface area contributed by atoms with Crippen LogP contribution in [0.25, 0.3) is 6.08 Å². The van der Waals surface area contributed by atoms with Crippen molar-refractivity contribution in [2.24, 2.45) is 0 Å². The van der Waals surface area contributed by atoms with Gasteiger partial charge in [0.1, 0.15) is 24.1 Å². The van der Waals surface area contributed by atoms with E-state index in [4.69, 9.17) is 14.2 Å². The molecule has 4 rings (SSSR count). The molecule has 0 radical (unpaired) electrons. The number of morpholine rings is 1. The van der Waals surface area contributed by atoms with Crippen LogP contribution in [-0.4, -0.2) is 49.6 Å². The van der Waals surface area contributed by atoms with Crippen molar-refractivity contribution >= 4 is 17.9 Å². The van der Waals surface area contributed by atoms with Gasteiger partial charge in [0.2, 0.25) is 5.91 Å². The van der Waals surface area contributed by atoms with Gasteiger partial charge in [-0.2, -0.15) is 0 Å². The van der Waals surface area contributed by atoms with E-state index in [1.807, 2.05) is 48.5 Å². The molecular weight excluding hydrogens is 420 g/mol. The molecule has 2 unspecified atom stereocenters. The topological polar surface area (TPSA) is 77.1 Å². The normalized spacial score (nSPS) is 21.2. The molecule has 1 aliphatic carbocycles. The van der Waals surface area contributed by atoms with Crippen molar-refractivity contribution in [3.63, 3.8) is 0 Å². The molecule has 1 aliphatic heterocycles. The van der Waals surface area contributed by atoms with Gasteiger partial charge in [0.15, 0.2) is 5.76 Å². The molecule has 2 atom stereocenters. The van der Waals surface area contributed by atoms with Gasteiger partial charge in [-0.05, 0) is 60.7 Å². The Hall–Kier alpha value is -3.48. The van der Waals surface area contributed by atoms with Crippen LogP contribution in [0, 0.1) is 0 Å². The number of methoxy groups -OCH3 is 2. The zero-order valence-electron chi connectivity index (χ0n) is 19.1. The van der Waals surface area contributed by atoms with Gasteiger partial charge in [-0.25, -0.2) is 0 Å². The van der Waals surface area contributed by atoms with Gasteiger partial charge in [-0.15, -0.1) is 0 Å². The minimum Gasteiger partial charge on any atom is -0.497 e. The van der Waals surface area contributed by atoms with E-state index in [9.17, 15) is 9.59 Å². The lowest BCUT2D eigenvalue weighted by molar-refractivity contribution is -0.151. The number of ether oxygens (including phenoxy) is 3. The maximum absolute atomic E-state index is 13.3. The molecule has 1 saturated carbocycles. The van der Waals surface area contributed by atoms with E-state index in [2.05, 4.69) is 5.32 Å². The minimum atomic E-state index is -0.249. The highest BCUT2D eigenvalue weighted by Crippen LogP contribution is 2.33. The Labute approximate surface area is 194 Å². The van der Waals surface area contributed by atoms with Crippen LogP contribution in [0.4, 0.5) is 0 Å². The predicted octanol–water partition coefficient (Wildman–Crippen LogP) is 3.53. The average molecular weight is 451 g/mol. The van der Waals surface area contributed by atoms with Crippen molar-refractivity contribution < 1.29 is 23.8 Å². The summed E-state index contributed by atoms with van der Waals surface area (Å²) in [7, 11) is 3.22. The molecule has 1 saturated heterocycles. The average Bonchev–Trinajstić information content (AvgIpc) is 2.85. The van der Waals surface area contributed by atoms with Crippen LogP contribution >= 0.6 is 0 Å². The fraction of sp³-hybridized carbons (Fsp3) is 0.385. The number of hydrogen-bond donors (Lipinski definition) is 1. The molecule has 7 nitrogen and oxygen atoms in total. The third-order valence-electron chi connectivity index (χ3n) is 6.17. The Bertz CT molecular complexity index is 1020. The number of hydrogen-bond acceptors (Lipinski definition) is 5. The summed E-state index contributed by atoms with van der Waals surface area (Å²) >= 11 is 0. The van der Waals surface area contributed by atoms with Crippen molar-refractivity contribution in [2.45, 2.75) is 44.4 Å². The van der Waals surface area contributed by atoms with Crippen LogP contribution < -0.4 is 14.8 Å². The lowest BCUT2D eigenvalue weighted by Gasteiger charge is -2.44. The second-order valence-electron chi connectivity index (χ2n) is 8.35. The highest BCUT2D eigenvalue weighted by Gasteiger charge is 2.42. The first kappa shape index (κ1) is 22.7. The standard InChI is InChI=1S/C26H30N2O5/c1-31-20-12-10-18(11-13-20)16-27-25(29)17-28-22-8-3-4-9-23(22)33-24(26(28)30)15-19-6-5-7-21(14-19)32-2/h5-7,10-15,22-23H,3-4,8-9,16-17H2,1-2H3,(H,27,29)/b24-15+. The van der Waals surface area contributed by atoms with Gasteiger partial charge in [0, 0.05) is 6.54 Å². The van der Waals surface area contributed by atoms with Crippen LogP contribution in [-0.2, 0) is 20.9 Å². The summed E-state index contributed by atoms with van der Waals surface area (Å²) in [4.78, 5) is 27.8. The summed E-state index contributed by atoms with van der Waals surface area (Å²) < 4.78 is 16.6. The zero-order chi connectivity index (χ0) is 23.2. The quantitative estimate of drug-likeness (QED) is 0.653. The highest BCUT2D eigenvalue weighted by molar-refractivity contribution is 5.98. The molecule has 0 bridgehead atoms. The molecule has 174 valence electrons. The minimum absolute atomic E-state index is 0.00889. The fourth-order valence-corrected chi connectivity index (χ4v) is 4.40. The van der Waals surface area contributed by atoms with Gasteiger partial charge in [0.25, 0.3) is 5.91 Å². The summed E-state index contributed by atoms with van der Waals surface area (Å²) in [5.41, 5.74) is 1.78. The summed E-state index contributed by atoms with van der Waals surface area (Å²) in [6, 6.07) is 14.9. The Morgan fingerprint density at radius 2 is 1.85 bits per heavy atom. The molecule has 0 aromatic heterocycles. The summed E-state index contributed by atoms with van der Waals surface area (Å²) in [5, 5.41) is 2.93. The highest BCUT2D eigenvalue weighted by atomic mass is 16.5.